The minimum atomic E-state index is 0.165. The normalized spacial score (nSPS) is 22.1. The Kier molecular flexibility index (Phi) is 5.52. The second-order valence-corrected chi connectivity index (χ2v) is 7.13. The zero-order chi connectivity index (χ0) is 15.4. The average Bonchev–Trinajstić information content (AvgIpc) is 3.28. The van der Waals surface area contributed by atoms with E-state index in [-0.39, 0.29) is 5.91 Å². The maximum Gasteiger partial charge on any atom is 0.221 e. The van der Waals surface area contributed by atoms with Gasteiger partial charge in [-0.15, -0.1) is 0 Å². The van der Waals surface area contributed by atoms with Crippen LogP contribution in [0.1, 0.15) is 62.2 Å². The van der Waals surface area contributed by atoms with Gasteiger partial charge in [0.25, 0.3) is 0 Å². The van der Waals surface area contributed by atoms with Gasteiger partial charge in [-0.05, 0) is 48.2 Å². The zero-order valence-corrected chi connectivity index (χ0v) is 14.5. The van der Waals surface area contributed by atoms with Gasteiger partial charge in [0, 0.05) is 37.5 Å². The molecule has 6 heteroatoms. The number of nitrogens with one attached hydrogen (secondary N) is 1. The second-order valence-electron chi connectivity index (χ2n) is 6.38. The number of halogens is 1. The third-order valence-corrected chi connectivity index (χ3v) is 5.10. The molecule has 1 aliphatic heterocycles. The van der Waals surface area contributed by atoms with E-state index in [1.54, 1.807) is 0 Å². The Morgan fingerprint density at radius 2 is 2.05 bits per heavy atom. The van der Waals surface area contributed by atoms with Crippen molar-refractivity contribution in [1.82, 2.24) is 15.4 Å². The smallest absolute Gasteiger partial charge is 0.221 e. The first kappa shape index (κ1) is 16.0. The SMILES string of the molecule is O=C1CCN(Cc2c(Br)noc2C2CC2)CCCCCCN1. The largest absolute Gasteiger partial charge is 0.360 e. The predicted octanol–water partition coefficient (Wildman–Crippen LogP) is 3.20. The molecule has 0 bridgehead atoms. The molecule has 2 heterocycles. The molecule has 3 rings (SSSR count). The number of carbonyl (C=O) groups is 1. The third kappa shape index (κ3) is 4.32. The molecule has 22 heavy (non-hydrogen) atoms. The van der Waals surface area contributed by atoms with Gasteiger partial charge in [-0.2, -0.15) is 0 Å². The number of hydrogen-bond donors (Lipinski definition) is 1. The summed E-state index contributed by atoms with van der Waals surface area (Å²) in [5.74, 6) is 1.77. The Bertz CT molecular complexity index is 513. The van der Waals surface area contributed by atoms with Gasteiger partial charge in [-0.3, -0.25) is 9.69 Å². The van der Waals surface area contributed by atoms with Crippen LogP contribution in [0.4, 0.5) is 0 Å². The first-order valence-corrected chi connectivity index (χ1v) is 9.16. The van der Waals surface area contributed by atoms with Gasteiger partial charge in [0.05, 0.1) is 0 Å². The van der Waals surface area contributed by atoms with Gasteiger partial charge in [-0.25, -0.2) is 0 Å². The van der Waals surface area contributed by atoms with Crippen molar-refractivity contribution >= 4 is 21.8 Å². The molecule has 0 atom stereocenters. The maximum absolute atomic E-state index is 11.8. The Morgan fingerprint density at radius 1 is 1.23 bits per heavy atom. The van der Waals surface area contributed by atoms with E-state index >= 15 is 0 Å². The monoisotopic (exact) mass is 369 g/mol. The fourth-order valence-electron chi connectivity index (χ4n) is 2.99. The zero-order valence-electron chi connectivity index (χ0n) is 12.9. The Labute approximate surface area is 139 Å². The molecule has 1 saturated carbocycles. The average molecular weight is 370 g/mol. The summed E-state index contributed by atoms with van der Waals surface area (Å²) in [6.45, 7) is 3.48. The van der Waals surface area contributed by atoms with Crippen molar-refractivity contribution in [3.05, 3.63) is 15.9 Å². The molecule has 1 aliphatic carbocycles. The van der Waals surface area contributed by atoms with E-state index in [1.807, 2.05) is 0 Å². The van der Waals surface area contributed by atoms with Crippen LogP contribution >= 0.6 is 15.9 Å². The molecule has 1 aromatic heterocycles. The minimum Gasteiger partial charge on any atom is -0.360 e. The maximum atomic E-state index is 11.8. The molecule has 0 unspecified atom stereocenters. The molecule has 0 aromatic carbocycles. The summed E-state index contributed by atoms with van der Waals surface area (Å²) >= 11 is 3.52. The highest BCUT2D eigenvalue weighted by Gasteiger charge is 2.32. The highest BCUT2D eigenvalue weighted by Crippen LogP contribution is 2.43. The summed E-state index contributed by atoms with van der Waals surface area (Å²) in [5.41, 5.74) is 1.18. The first-order chi connectivity index (χ1) is 10.7. The predicted molar refractivity (Wildman–Crippen MR) is 87.5 cm³/mol. The van der Waals surface area contributed by atoms with Crippen molar-refractivity contribution in [3.63, 3.8) is 0 Å². The van der Waals surface area contributed by atoms with Crippen LogP contribution in [0.3, 0.4) is 0 Å². The quantitative estimate of drug-likeness (QED) is 0.888. The van der Waals surface area contributed by atoms with Crippen LogP contribution < -0.4 is 5.32 Å². The highest BCUT2D eigenvalue weighted by atomic mass is 79.9. The van der Waals surface area contributed by atoms with E-state index in [4.69, 9.17) is 4.52 Å². The molecule has 0 radical (unpaired) electrons. The summed E-state index contributed by atoms with van der Waals surface area (Å²) in [6.07, 6.45) is 7.69. The topological polar surface area (TPSA) is 58.4 Å². The third-order valence-electron chi connectivity index (χ3n) is 4.48. The van der Waals surface area contributed by atoms with Crippen molar-refractivity contribution in [2.75, 3.05) is 19.6 Å². The Balaban J connectivity index is 1.65. The molecule has 2 fully saturated rings. The van der Waals surface area contributed by atoms with E-state index in [0.717, 1.165) is 43.0 Å². The number of carbonyl (C=O) groups excluding carboxylic acids is 1. The van der Waals surface area contributed by atoms with Gasteiger partial charge in [0.15, 0.2) is 4.60 Å². The van der Waals surface area contributed by atoms with E-state index < -0.39 is 0 Å². The number of aromatic nitrogens is 1. The van der Waals surface area contributed by atoms with Crippen molar-refractivity contribution < 1.29 is 9.32 Å². The van der Waals surface area contributed by atoms with Gasteiger partial charge in [0.1, 0.15) is 5.76 Å². The number of nitrogens with zero attached hydrogens (tertiary/aromatic N) is 2. The fourth-order valence-corrected chi connectivity index (χ4v) is 3.39. The Morgan fingerprint density at radius 3 is 2.86 bits per heavy atom. The van der Waals surface area contributed by atoms with Crippen LogP contribution in [0.15, 0.2) is 9.13 Å². The second kappa shape index (κ2) is 7.59. The fraction of sp³-hybridized carbons (Fsp3) is 0.750. The summed E-state index contributed by atoms with van der Waals surface area (Å²) < 4.78 is 6.33. The van der Waals surface area contributed by atoms with E-state index in [2.05, 4.69) is 31.3 Å². The summed E-state index contributed by atoms with van der Waals surface area (Å²) in [7, 11) is 0. The molecular weight excluding hydrogens is 346 g/mol. The van der Waals surface area contributed by atoms with Crippen LogP contribution in [0, 0.1) is 0 Å². The van der Waals surface area contributed by atoms with E-state index in [1.165, 1.54) is 37.7 Å². The van der Waals surface area contributed by atoms with Crippen molar-refractivity contribution in [2.24, 2.45) is 0 Å². The molecule has 1 aromatic rings. The van der Waals surface area contributed by atoms with E-state index in [9.17, 15) is 4.79 Å². The standard InChI is InChI=1S/C16H24BrN3O2/c17-16-13(15(22-19-16)12-5-6-12)11-20-9-4-2-1-3-8-18-14(21)7-10-20/h12H,1-11H2,(H,18,21). The summed E-state index contributed by atoms with van der Waals surface area (Å²) in [6, 6.07) is 0. The highest BCUT2D eigenvalue weighted by molar-refractivity contribution is 9.10. The van der Waals surface area contributed by atoms with Crippen molar-refractivity contribution in [2.45, 2.75) is 57.4 Å². The molecule has 1 amide bonds. The van der Waals surface area contributed by atoms with Gasteiger partial charge < -0.3 is 9.84 Å². The summed E-state index contributed by atoms with van der Waals surface area (Å²) in [5, 5.41) is 7.09. The van der Waals surface area contributed by atoms with Crippen LogP contribution in [0.25, 0.3) is 0 Å². The van der Waals surface area contributed by atoms with Gasteiger partial charge in [-0.1, -0.05) is 18.0 Å². The number of rotatable bonds is 3. The van der Waals surface area contributed by atoms with Gasteiger partial charge in [0.2, 0.25) is 5.91 Å². The first-order valence-electron chi connectivity index (χ1n) is 8.37. The van der Waals surface area contributed by atoms with E-state index in [0.29, 0.717) is 12.3 Å². The lowest BCUT2D eigenvalue weighted by molar-refractivity contribution is -0.121. The van der Waals surface area contributed by atoms with Gasteiger partial charge >= 0.3 is 0 Å². The molecule has 2 aliphatic rings. The number of amides is 1. The van der Waals surface area contributed by atoms with Crippen molar-refractivity contribution in [3.8, 4) is 0 Å². The lowest BCUT2D eigenvalue weighted by Gasteiger charge is -2.21. The lowest BCUT2D eigenvalue weighted by Crippen LogP contribution is -2.31. The summed E-state index contributed by atoms with van der Waals surface area (Å²) in [4.78, 5) is 14.2. The van der Waals surface area contributed by atoms with Crippen LogP contribution in [0.2, 0.25) is 0 Å². The van der Waals surface area contributed by atoms with Crippen LogP contribution in [-0.2, 0) is 11.3 Å². The van der Waals surface area contributed by atoms with Crippen LogP contribution in [-0.4, -0.2) is 35.6 Å². The molecule has 0 spiro atoms. The molecule has 122 valence electrons. The Hall–Kier alpha value is -0.880. The molecular formula is C16H24BrN3O2. The molecule has 5 nitrogen and oxygen atoms in total. The lowest BCUT2D eigenvalue weighted by atomic mass is 10.1. The molecule has 1 N–H and O–H groups in total. The minimum absolute atomic E-state index is 0.165. The van der Waals surface area contributed by atoms with Crippen LogP contribution in [0.5, 0.6) is 0 Å². The number of hydrogen-bond acceptors (Lipinski definition) is 4. The molecule has 1 saturated heterocycles. The van der Waals surface area contributed by atoms with Crippen molar-refractivity contribution in [1.29, 1.82) is 0 Å².